The molecule has 0 aromatic heterocycles. The summed E-state index contributed by atoms with van der Waals surface area (Å²) in [4.78, 5) is 88.0. The minimum atomic E-state index is 0.0216. The van der Waals surface area contributed by atoms with Crippen molar-refractivity contribution in [2.24, 2.45) is 71.0 Å². The van der Waals surface area contributed by atoms with Crippen molar-refractivity contribution in [3.8, 4) is 0 Å². The van der Waals surface area contributed by atoms with Crippen LogP contribution in [0.15, 0.2) is 0 Å². The lowest BCUT2D eigenvalue weighted by atomic mass is 9.81. The van der Waals surface area contributed by atoms with E-state index in [4.69, 9.17) is 0 Å². The van der Waals surface area contributed by atoms with Gasteiger partial charge in [-0.05, 0) is 235 Å². The number of hydrogen-bond donors (Lipinski definition) is 6. The highest BCUT2D eigenvalue weighted by Gasteiger charge is 2.52. The Hall–Kier alpha value is -0.970. The third-order valence-corrected chi connectivity index (χ3v) is 36.9. The molecule has 0 spiro atoms. The van der Waals surface area contributed by atoms with Crippen LogP contribution in [0, 0.1) is 71.0 Å². The standard InChI is InChI=1S/2C15H26N2OS.2C14H24N2OS.C13H24N2OS2.C13H22N2OS/c1-16-14-10-19-5-4-17(15(14)18)9-13-7-11-2-3-12(6-11)8-13;1-16-14-10-19-6-5-17(15(14)18)9-13-8-11-3-2-4-12(13)7-11;1-15-13-9-18-5-4-16(14(13)17)8-12-7-10-2-3-11(12)6-10;1-15-12-9-18-6-5-16(14(12)17)13-8-10-3-2-4-11(13)7-10;1-14-12-10-17-8-6-15(13(12)16)9-11-5-3-2-4-7-18-11;1-14-11-9-17-7-6-15(12(11)16)13-4-2-10(8-13)3-5-13/h2*11-14,16H,2-10H2,1H3;2*10-13,15H,2-9H2,1H3;11-12,14H,2-10H2,1H3;10-11,14H,2-9H2,1H3. The fourth-order valence-corrected chi connectivity index (χ4v) is 30.8. The Bertz CT molecular complexity index is 2830. The molecule has 10 bridgehead atoms. The van der Waals surface area contributed by atoms with Crippen LogP contribution in [0.3, 0.4) is 0 Å². The van der Waals surface area contributed by atoms with Crippen molar-refractivity contribution in [1.29, 1.82) is 0 Å². The molecule has 109 heavy (non-hydrogen) atoms. The highest BCUT2D eigenvalue weighted by atomic mass is 32.2. The minimum absolute atomic E-state index is 0.0216. The lowest BCUT2D eigenvalue weighted by Crippen LogP contribution is -2.55. The van der Waals surface area contributed by atoms with Crippen molar-refractivity contribution in [3.05, 3.63) is 0 Å². The van der Waals surface area contributed by atoms with Gasteiger partial charge >= 0.3 is 0 Å². The number of hydrogen-bond acceptors (Lipinski definition) is 19. The molecule has 7 aliphatic heterocycles. The Balaban J connectivity index is 0.000000122. The zero-order valence-corrected chi connectivity index (χ0v) is 73.8. The Labute approximate surface area is 689 Å². The molecule has 6 amide bonds. The summed E-state index contributed by atoms with van der Waals surface area (Å²) in [6, 6.07) is 0.763. The maximum atomic E-state index is 12.6. The summed E-state index contributed by atoms with van der Waals surface area (Å²) in [5.74, 6) is 26.2. The Morgan fingerprint density at radius 3 is 1.22 bits per heavy atom. The summed E-state index contributed by atoms with van der Waals surface area (Å²) >= 11 is 13.5. The lowest BCUT2D eigenvalue weighted by Gasteiger charge is -2.40. The van der Waals surface area contributed by atoms with Crippen LogP contribution in [0.1, 0.15) is 180 Å². The molecule has 10 aliphatic carbocycles. The molecule has 18 nitrogen and oxygen atoms in total. The highest BCUT2D eigenvalue weighted by molar-refractivity contribution is 8.00. The maximum Gasteiger partial charge on any atom is 0.241 e. The van der Waals surface area contributed by atoms with E-state index in [1.54, 1.807) is 0 Å². The molecule has 17 fully saturated rings. The van der Waals surface area contributed by atoms with Crippen molar-refractivity contribution >= 4 is 118 Å². The molecule has 0 radical (unpaired) electrons. The van der Waals surface area contributed by atoms with E-state index in [-0.39, 0.29) is 41.8 Å². The van der Waals surface area contributed by atoms with Gasteiger partial charge in [-0.25, -0.2) is 0 Å². The van der Waals surface area contributed by atoms with Gasteiger partial charge in [-0.3, -0.25) is 28.8 Å². The monoisotopic (exact) mass is 1640 g/mol. The Morgan fingerprint density at radius 1 is 0.330 bits per heavy atom. The summed E-state index contributed by atoms with van der Waals surface area (Å²) in [6.07, 6.45) is 38.5. The molecule has 10 saturated carbocycles. The van der Waals surface area contributed by atoms with Crippen LogP contribution in [0.2, 0.25) is 0 Å². The SMILES string of the molecule is CNC1CSCCN(C23CCC(CC2)C3)C1=O.CNC1CSCCN(C2CC3CCCC2C3)C1=O.CNC1CSCCN(CC2CC3CCC(C3)C2)C1=O.CNC1CSCCN(CC2CC3CCC2C3)C1=O.CNC1CSCCN(CC2CC3CCCC2C3)C1=O.CNC1CSCCN(CC2CCCCCS2)C1=O. The topological polar surface area (TPSA) is 194 Å². The average molecular weight is 1640 g/mol. The summed E-state index contributed by atoms with van der Waals surface area (Å²) in [6.45, 7) is 9.76. The molecular weight excluding hydrogens is 1500 g/mol. The molecule has 0 aromatic carbocycles. The van der Waals surface area contributed by atoms with E-state index in [2.05, 4.69) is 73.1 Å². The molecule has 18 unspecified atom stereocenters. The van der Waals surface area contributed by atoms with E-state index >= 15 is 0 Å². The molecule has 17 rings (SSSR count). The number of thioether (sulfide) groups is 7. The molecule has 17 aliphatic rings. The summed E-state index contributed by atoms with van der Waals surface area (Å²) in [7, 11) is 11.5. The van der Waals surface area contributed by atoms with Gasteiger partial charge in [-0.2, -0.15) is 82.3 Å². The van der Waals surface area contributed by atoms with E-state index in [1.807, 2.05) is 113 Å². The largest absolute Gasteiger partial charge is 0.340 e. The van der Waals surface area contributed by atoms with E-state index in [0.29, 0.717) is 46.7 Å². The van der Waals surface area contributed by atoms with Gasteiger partial charge in [0.15, 0.2) is 0 Å². The van der Waals surface area contributed by atoms with Crippen LogP contribution in [0.5, 0.6) is 0 Å². The number of carbonyl (C=O) groups excluding carboxylic acids is 6. The normalized spacial score (nSPS) is 38.8. The summed E-state index contributed by atoms with van der Waals surface area (Å²) < 4.78 is 0. The van der Waals surface area contributed by atoms with Crippen molar-refractivity contribution in [3.63, 3.8) is 0 Å². The van der Waals surface area contributed by atoms with Crippen molar-refractivity contribution in [2.75, 3.05) is 183 Å². The van der Waals surface area contributed by atoms with Gasteiger partial charge in [0.05, 0.1) is 36.3 Å². The first-order valence-electron chi connectivity index (χ1n) is 44.1. The van der Waals surface area contributed by atoms with Gasteiger partial charge in [0, 0.05) is 151 Å². The van der Waals surface area contributed by atoms with Crippen LogP contribution in [0.4, 0.5) is 0 Å². The number of carbonyl (C=O) groups is 6. The van der Waals surface area contributed by atoms with E-state index < -0.39 is 0 Å². The Kier molecular flexibility index (Phi) is 35.4. The third kappa shape index (κ3) is 23.7. The van der Waals surface area contributed by atoms with Crippen molar-refractivity contribution in [1.82, 2.24) is 61.3 Å². The van der Waals surface area contributed by atoms with Gasteiger partial charge in [-0.1, -0.05) is 64.2 Å². The number of nitrogens with zero attached hydrogens (tertiary/aromatic N) is 6. The zero-order chi connectivity index (χ0) is 76.2. The second-order valence-electron chi connectivity index (χ2n) is 36.1. The molecule has 6 N–H and O–H groups in total. The minimum Gasteiger partial charge on any atom is -0.340 e. The molecule has 620 valence electrons. The molecular formula is C84H146N12O6S7. The van der Waals surface area contributed by atoms with Crippen LogP contribution < -0.4 is 31.9 Å². The zero-order valence-electron chi connectivity index (χ0n) is 68.1. The molecule has 18 atom stereocenters. The quantitative estimate of drug-likeness (QED) is 0.0854. The predicted octanol–water partition coefficient (Wildman–Crippen LogP) is 10.6. The van der Waals surface area contributed by atoms with Gasteiger partial charge in [0.2, 0.25) is 35.4 Å². The Morgan fingerprint density at radius 2 is 0.743 bits per heavy atom. The number of likely N-dealkylation sites (N-methyl/N-ethyl adjacent to an activating group) is 6. The first-order chi connectivity index (χ1) is 53.2. The second kappa shape index (κ2) is 44.2. The number of amides is 6. The third-order valence-electron chi connectivity index (χ3n) is 29.3. The maximum absolute atomic E-state index is 12.6. The summed E-state index contributed by atoms with van der Waals surface area (Å²) in [5, 5.41) is 19.7. The van der Waals surface area contributed by atoms with Gasteiger partial charge in [0.1, 0.15) is 0 Å². The van der Waals surface area contributed by atoms with Crippen molar-refractivity contribution < 1.29 is 28.8 Å². The van der Waals surface area contributed by atoms with Gasteiger partial charge in [-0.15, -0.1) is 0 Å². The first-order valence-corrected chi connectivity index (χ1v) is 52.0. The number of nitrogens with one attached hydrogen (secondary N) is 6. The van der Waals surface area contributed by atoms with E-state index in [9.17, 15) is 28.8 Å². The first kappa shape index (κ1) is 87.3. The highest BCUT2D eigenvalue weighted by Crippen LogP contribution is 2.53. The van der Waals surface area contributed by atoms with Crippen LogP contribution >= 0.6 is 82.3 Å². The predicted molar refractivity (Wildman–Crippen MR) is 465 cm³/mol. The lowest BCUT2D eigenvalue weighted by molar-refractivity contribution is -0.138. The second-order valence-corrected chi connectivity index (χ2v) is 44.4. The fourth-order valence-electron chi connectivity index (χ4n) is 23.2. The van der Waals surface area contributed by atoms with Gasteiger partial charge in [0.25, 0.3) is 0 Å². The smallest absolute Gasteiger partial charge is 0.241 e. The molecule has 7 heterocycles. The van der Waals surface area contributed by atoms with Crippen LogP contribution in [0.25, 0.3) is 0 Å². The van der Waals surface area contributed by atoms with Gasteiger partial charge < -0.3 is 61.3 Å². The van der Waals surface area contributed by atoms with E-state index in [0.717, 1.165) is 205 Å². The average Bonchev–Trinajstić information content (AvgIpc) is 1.61. The molecule has 0 aromatic rings. The van der Waals surface area contributed by atoms with Crippen LogP contribution in [-0.4, -0.2) is 300 Å². The van der Waals surface area contributed by atoms with Crippen LogP contribution in [-0.2, 0) is 28.8 Å². The van der Waals surface area contributed by atoms with Crippen molar-refractivity contribution in [2.45, 2.75) is 233 Å². The number of fused-ring (bicyclic) bond motifs is 10. The fraction of sp³-hybridized carbons (Fsp3) is 0.929. The molecule has 25 heteroatoms. The summed E-state index contributed by atoms with van der Waals surface area (Å²) in [5.41, 5.74) is 0.252. The van der Waals surface area contributed by atoms with E-state index in [1.165, 1.54) is 186 Å². The molecule has 7 saturated heterocycles. The number of rotatable bonds is 16.